The standard InChI is InChI=1S/C10H8ClN3O3/c11-7-9(16)13-4-14-10(7)17-6-3-1-2-5(15)8(6)12/h1-4,15H,12H2,(H,13,14,16). The monoisotopic (exact) mass is 253 g/mol. The summed E-state index contributed by atoms with van der Waals surface area (Å²) in [6, 6.07) is 4.48. The largest absolute Gasteiger partial charge is 0.506 e. The maximum atomic E-state index is 11.2. The number of phenolic OH excluding ortho intramolecular Hbond substituents is 1. The van der Waals surface area contributed by atoms with Gasteiger partial charge in [0.05, 0.1) is 6.33 Å². The number of aromatic nitrogens is 2. The van der Waals surface area contributed by atoms with Crippen molar-refractivity contribution in [2.24, 2.45) is 0 Å². The second kappa shape index (κ2) is 4.34. The maximum Gasteiger partial charge on any atom is 0.273 e. The summed E-state index contributed by atoms with van der Waals surface area (Å²) in [7, 11) is 0. The lowest BCUT2D eigenvalue weighted by Gasteiger charge is -2.08. The predicted octanol–water partition coefficient (Wildman–Crippen LogP) is 1.50. The Balaban J connectivity index is 2.42. The van der Waals surface area contributed by atoms with Crippen molar-refractivity contribution in [3.8, 4) is 17.4 Å². The molecule has 0 saturated carbocycles. The zero-order valence-corrected chi connectivity index (χ0v) is 9.23. The highest BCUT2D eigenvalue weighted by Gasteiger charge is 2.11. The van der Waals surface area contributed by atoms with E-state index in [1.54, 1.807) is 6.07 Å². The molecule has 88 valence electrons. The van der Waals surface area contributed by atoms with Gasteiger partial charge in [0.25, 0.3) is 5.56 Å². The van der Waals surface area contributed by atoms with Crippen LogP contribution in [0.15, 0.2) is 29.3 Å². The molecule has 2 rings (SSSR count). The Kier molecular flexibility index (Phi) is 2.88. The number of aromatic amines is 1. The molecular weight excluding hydrogens is 246 g/mol. The van der Waals surface area contributed by atoms with Gasteiger partial charge in [0.15, 0.2) is 10.8 Å². The molecule has 17 heavy (non-hydrogen) atoms. The highest BCUT2D eigenvalue weighted by Crippen LogP contribution is 2.34. The molecule has 1 aromatic heterocycles. The van der Waals surface area contributed by atoms with Crippen LogP contribution in [0, 0.1) is 0 Å². The third-order valence-electron chi connectivity index (χ3n) is 2.01. The van der Waals surface area contributed by atoms with Crippen LogP contribution in [0.3, 0.4) is 0 Å². The van der Waals surface area contributed by atoms with Crippen molar-refractivity contribution in [3.05, 3.63) is 39.9 Å². The molecule has 0 aliphatic rings. The van der Waals surface area contributed by atoms with Gasteiger partial charge in [0.2, 0.25) is 5.88 Å². The Morgan fingerprint density at radius 2 is 2.24 bits per heavy atom. The van der Waals surface area contributed by atoms with Crippen molar-refractivity contribution < 1.29 is 9.84 Å². The number of nitrogens with one attached hydrogen (secondary N) is 1. The lowest BCUT2D eigenvalue weighted by molar-refractivity contribution is 0.448. The third kappa shape index (κ3) is 2.16. The number of hydrogen-bond donors (Lipinski definition) is 3. The number of nitrogens with two attached hydrogens (primary N) is 1. The summed E-state index contributed by atoms with van der Waals surface area (Å²) in [5, 5.41) is 9.19. The van der Waals surface area contributed by atoms with Crippen molar-refractivity contribution >= 4 is 17.3 Å². The van der Waals surface area contributed by atoms with Crippen LogP contribution >= 0.6 is 11.6 Å². The fourth-order valence-corrected chi connectivity index (χ4v) is 1.31. The molecule has 0 fully saturated rings. The SMILES string of the molecule is Nc1c(O)cccc1Oc1nc[nH]c(=O)c1Cl. The van der Waals surface area contributed by atoms with Crippen LogP contribution in [0.25, 0.3) is 0 Å². The van der Waals surface area contributed by atoms with E-state index >= 15 is 0 Å². The fourth-order valence-electron chi connectivity index (χ4n) is 1.16. The molecule has 2 aromatic rings. The Morgan fingerprint density at radius 3 is 3.00 bits per heavy atom. The van der Waals surface area contributed by atoms with E-state index in [9.17, 15) is 9.90 Å². The van der Waals surface area contributed by atoms with E-state index in [4.69, 9.17) is 22.1 Å². The van der Waals surface area contributed by atoms with Crippen LogP contribution in [0.1, 0.15) is 0 Å². The summed E-state index contributed by atoms with van der Waals surface area (Å²) in [6.07, 6.45) is 1.16. The quantitative estimate of drug-likeness (QED) is 0.556. The van der Waals surface area contributed by atoms with E-state index in [0.717, 1.165) is 6.33 Å². The number of halogens is 1. The average molecular weight is 254 g/mol. The average Bonchev–Trinajstić information content (AvgIpc) is 2.31. The first-order valence-electron chi connectivity index (χ1n) is 4.58. The lowest BCUT2D eigenvalue weighted by atomic mass is 10.3. The zero-order valence-electron chi connectivity index (χ0n) is 8.48. The molecule has 0 unspecified atom stereocenters. The Bertz CT molecular complexity index is 612. The van der Waals surface area contributed by atoms with Crippen LogP contribution in [0.5, 0.6) is 17.4 Å². The number of hydrogen-bond acceptors (Lipinski definition) is 5. The molecule has 0 atom stereocenters. The molecule has 0 bridgehead atoms. The first kappa shape index (κ1) is 11.3. The van der Waals surface area contributed by atoms with Crippen LogP contribution in [-0.2, 0) is 0 Å². The van der Waals surface area contributed by atoms with Gasteiger partial charge in [-0.2, -0.15) is 0 Å². The van der Waals surface area contributed by atoms with E-state index < -0.39 is 5.56 Å². The Morgan fingerprint density at radius 1 is 1.47 bits per heavy atom. The van der Waals surface area contributed by atoms with E-state index in [2.05, 4.69) is 9.97 Å². The fraction of sp³-hybridized carbons (Fsp3) is 0. The second-order valence-electron chi connectivity index (χ2n) is 3.14. The highest BCUT2D eigenvalue weighted by atomic mass is 35.5. The van der Waals surface area contributed by atoms with Crippen molar-refractivity contribution in [2.75, 3.05) is 5.73 Å². The minimum absolute atomic E-state index is 0.0469. The van der Waals surface area contributed by atoms with E-state index in [0.29, 0.717) is 0 Å². The molecule has 7 heteroatoms. The van der Waals surface area contributed by atoms with Crippen molar-refractivity contribution in [1.29, 1.82) is 0 Å². The van der Waals surface area contributed by atoms with Gasteiger partial charge in [-0.15, -0.1) is 0 Å². The highest BCUT2D eigenvalue weighted by molar-refractivity contribution is 6.31. The summed E-state index contributed by atoms with van der Waals surface area (Å²) in [4.78, 5) is 17.2. The number of rotatable bonds is 2. The number of H-pyrrole nitrogens is 1. The number of ether oxygens (including phenoxy) is 1. The summed E-state index contributed by atoms with van der Waals surface area (Å²) < 4.78 is 5.25. The minimum Gasteiger partial charge on any atom is -0.506 e. The molecule has 0 aliphatic heterocycles. The molecule has 0 saturated heterocycles. The number of benzene rings is 1. The zero-order chi connectivity index (χ0) is 12.4. The topological polar surface area (TPSA) is 101 Å². The normalized spacial score (nSPS) is 10.2. The van der Waals surface area contributed by atoms with Crippen molar-refractivity contribution in [1.82, 2.24) is 9.97 Å². The van der Waals surface area contributed by atoms with E-state index in [1.807, 2.05) is 0 Å². The van der Waals surface area contributed by atoms with Gasteiger partial charge in [-0.3, -0.25) is 4.79 Å². The molecule has 1 aromatic carbocycles. The number of aromatic hydroxyl groups is 1. The Labute approximate surface area is 101 Å². The lowest BCUT2D eigenvalue weighted by Crippen LogP contribution is -2.08. The molecule has 6 nitrogen and oxygen atoms in total. The molecule has 0 radical (unpaired) electrons. The van der Waals surface area contributed by atoms with Gasteiger partial charge >= 0.3 is 0 Å². The van der Waals surface area contributed by atoms with Crippen LogP contribution in [0.2, 0.25) is 5.02 Å². The number of phenols is 1. The van der Waals surface area contributed by atoms with Crippen LogP contribution < -0.4 is 16.0 Å². The van der Waals surface area contributed by atoms with Crippen molar-refractivity contribution in [2.45, 2.75) is 0 Å². The van der Waals surface area contributed by atoms with Crippen molar-refractivity contribution in [3.63, 3.8) is 0 Å². The molecule has 0 aliphatic carbocycles. The van der Waals surface area contributed by atoms with Crippen LogP contribution in [-0.4, -0.2) is 15.1 Å². The number of nitrogen functional groups attached to an aromatic ring is 1. The smallest absolute Gasteiger partial charge is 0.273 e. The summed E-state index contributed by atoms with van der Waals surface area (Å²) in [6.45, 7) is 0. The van der Waals surface area contributed by atoms with Gasteiger partial charge in [0.1, 0.15) is 11.4 Å². The predicted molar refractivity (Wildman–Crippen MR) is 62.5 cm³/mol. The van der Waals surface area contributed by atoms with Gasteiger partial charge in [-0.25, -0.2) is 4.98 Å². The molecule has 4 N–H and O–H groups in total. The minimum atomic E-state index is -0.518. The number of anilines is 1. The number of nitrogens with zero attached hydrogens (tertiary/aromatic N) is 1. The first-order valence-corrected chi connectivity index (χ1v) is 4.96. The molecule has 0 spiro atoms. The van der Waals surface area contributed by atoms with Crippen LogP contribution in [0.4, 0.5) is 5.69 Å². The number of para-hydroxylation sites is 1. The second-order valence-corrected chi connectivity index (χ2v) is 3.52. The van der Waals surface area contributed by atoms with E-state index in [-0.39, 0.29) is 28.1 Å². The third-order valence-corrected chi connectivity index (χ3v) is 2.35. The van der Waals surface area contributed by atoms with E-state index in [1.165, 1.54) is 12.1 Å². The molecule has 0 amide bonds. The summed E-state index contributed by atoms with van der Waals surface area (Å²) >= 11 is 5.70. The first-order chi connectivity index (χ1) is 8.09. The Hall–Kier alpha value is -2.21. The summed E-state index contributed by atoms with van der Waals surface area (Å²) in [5.41, 5.74) is 5.12. The van der Waals surface area contributed by atoms with Gasteiger partial charge < -0.3 is 20.6 Å². The summed E-state index contributed by atoms with van der Waals surface area (Å²) in [5.74, 6) is -0.0267. The maximum absolute atomic E-state index is 11.2. The van der Waals surface area contributed by atoms with Gasteiger partial charge in [-0.1, -0.05) is 17.7 Å². The van der Waals surface area contributed by atoms with Gasteiger partial charge in [-0.05, 0) is 12.1 Å². The molecular formula is C10H8ClN3O3. The van der Waals surface area contributed by atoms with Gasteiger partial charge in [0, 0.05) is 0 Å². The molecule has 1 heterocycles.